The number of benzene rings is 1. The fourth-order valence-electron chi connectivity index (χ4n) is 1.57. The molecule has 0 aliphatic heterocycles. The Balaban J connectivity index is 1.85. The van der Waals surface area contributed by atoms with E-state index in [2.05, 4.69) is 10.1 Å². The van der Waals surface area contributed by atoms with Crippen LogP contribution in [0, 0.1) is 6.92 Å². The lowest BCUT2D eigenvalue weighted by Gasteiger charge is -2.08. The van der Waals surface area contributed by atoms with Gasteiger partial charge in [-0.3, -0.25) is 0 Å². The number of hydrogen-bond donors (Lipinski definition) is 0. The first-order valence-corrected chi connectivity index (χ1v) is 5.86. The molecule has 0 fully saturated rings. The van der Waals surface area contributed by atoms with Gasteiger partial charge in [-0.15, -0.1) is 0 Å². The van der Waals surface area contributed by atoms with Crippen LogP contribution in [0.3, 0.4) is 0 Å². The molecule has 90 valence electrons. The number of para-hydroxylation sites is 1. The normalized spacial score (nSPS) is 10.5. The molecule has 0 N–H and O–H groups in total. The van der Waals surface area contributed by atoms with Crippen molar-refractivity contribution in [3.05, 3.63) is 42.0 Å². The van der Waals surface area contributed by atoms with Crippen LogP contribution in [-0.2, 0) is 13.0 Å². The lowest BCUT2D eigenvalue weighted by Crippen LogP contribution is -2.09. The molecule has 1 aromatic heterocycles. The van der Waals surface area contributed by atoms with Crippen molar-refractivity contribution >= 4 is 0 Å². The zero-order chi connectivity index (χ0) is 12.1. The maximum absolute atomic E-state index is 5.69. The average molecular weight is 231 g/mol. The standard InChI is InChI=1S/C13H17N3O/c1-3-13-14-10-16(15-13)8-9-17-12-7-5-4-6-11(12)2/h4-7,10H,3,8-9H2,1-2H3. The van der Waals surface area contributed by atoms with E-state index in [-0.39, 0.29) is 0 Å². The molecule has 4 nitrogen and oxygen atoms in total. The summed E-state index contributed by atoms with van der Waals surface area (Å²) in [4.78, 5) is 4.17. The van der Waals surface area contributed by atoms with Crippen molar-refractivity contribution < 1.29 is 4.74 Å². The Bertz CT molecular complexity index is 479. The van der Waals surface area contributed by atoms with Gasteiger partial charge >= 0.3 is 0 Å². The highest BCUT2D eigenvalue weighted by molar-refractivity contribution is 5.31. The van der Waals surface area contributed by atoms with Gasteiger partial charge < -0.3 is 4.74 Å². The van der Waals surface area contributed by atoms with Crippen LogP contribution in [-0.4, -0.2) is 21.4 Å². The van der Waals surface area contributed by atoms with Crippen LogP contribution in [0.5, 0.6) is 5.75 Å². The summed E-state index contributed by atoms with van der Waals surface area (Å²) in [6, 6.07) is 8.01. The Hall–Kier alpha value is -1.84. The van der Waals surface area contributed by atoms with E-state index in [0.29, 0.717) is 6.61 Å². The van der Waals surface area contributed by atoms with E-state index >= 15 is 0 Å². The lowest BCUT2D eigenvalue weighted by molar-refractivity contribution is 0.289. The van der Waals surface area contributed by atoms with Gasteiger partial charge in [-0.05, 0) is 18.6 Å². The van der Waals surface area contributed by atoms with E-state index in [1.807, 2.05) is 42.8 Å². The van der Waals surface area contributed by atoms with Crippen molar-refractivity contribution in [2.45, 2.75) is 26.8 Å². The van der Waals surface area contributed by atoms with Gasteiger partial charge in [-0.2, -0.15) is 5.10 Å². The molecule has 0 aliphatic rings. The molecular formula is C13H17N3O. The van der Waals surface area contributed by atoms with Crippen LogP contribution in [0.25, 0.3) is 0 Å². The second kappa shape index (κ2) is 5.48. The van der Waals surface area contributed by atoms with Crippen molar-refractivity contribution in [1.29, 1.82) is 0 Å². The molecular weight excluding hydrogens is 214 g/mol. The third-order valence-corrected chi connectivity index (χ3v) is 2.57. The Labute approximate surface area is 101 Å². The molecule has 0 spiro atoms. The fraction of sp³-hybridized carbons (Fsp3) is 0.385. The first-order valence-electron chi connectivity index (χ1n) is 5.86. The Morgan fingerprint density at radius 2 is 2.12 bits per heavy atom. The highest BCUT2D eigenvalue weighted by Crippen LogP contribution is 2.15. The van der Waals surface area contributed by atoms with Crippen molar-refractivity contribution in [2.24, 2.45) is 0 Å². The van der Waals surface area contributed by atoms with Crippen LogP contribution in [0.15, 0.2) is 30.6 Å². The third-order valence-electron chi connectivity index (χ3n) is 2.57. The molecule has 1 heterocycles. The van der Waals surface area contributed by atoms with Crippen molar-refractivity contribution in [1.82, 2.24) is 14.8 Å². The van der Waals surface area contributed by atoms with Crippen molar-refractivity contribution in [3.8, 4) is 5.75 Å². The Kier molecular flexibility index (Phi) is 3.75. The minimum Gasteiger partial charge on any atom is -0.491 e. The van der Waals surface area contributed by atoms with Gasteiger partial charge in [0, 0.05) is 6.42 Å². The van der Waals surface area contributed by atoms with Gasteiger partial charge in [0.15, 0.2) is 0 Å². The first kappa shape index (κ1) is 11.6. The molecule has 0 saturated carbocycles. The van der Waals surface area contributed by atoms with E-state index < -0.39 is 0 Å². The summed E-state index contributed by atoms with van der Waals surface area (Å²) >= 11 is 0. The smallest absolute Gasteiger partial charge is 0.150 e. The van der Waals surface area contributed by atoms with Crippen LogP contribution in [0.1, 0.15) is 18.3 Å². The summed E-state index contributed by atoms with van der Waals surface area (Å²) in [6.45, 7) is 5.42. The van der Waals surface area contributed by atoms with Gasteiger partial charge in [-0.1, -0.05) is 25.1 Å². The van der Waals surface area contributed by atoms with E-state index in [1.165, 1.54) is 0 Å². The second-order valence-electron chi connectivity index (χ2n) is 3.89. The van der Waals surface area contributed by atoms with Gasteiger partial charge in [0.05, 0.1) is 6.54 Å². The molecule has 0 unspecified atom stereocenters. The monoisotopic (exact) mass is 231 g/mol. The number of rotatable bonds is 5. The number of hydrogen-bond acceptors (Lipinski definition) is 3. The van der Waals surface area contributed by atoms with Gasteiger partial charge in [0.1, 0.15) is 24.5 Å². The Morgan fingerprint density at radius 1 is 1.29 bits per heavy atom. The molecule has 4 heteroatoms. The van der Waals surface area contributed by atoms with Crippen molar-refractivity contribution in [2.75, 3.05) is 6.61 Å². The van der Waals surface area contributed by atoms with Crippen molar-refractivity contribution in [3.63, 3.8) is 0 Å². The topological polar surface area (TPSA) is 39.9 Å². The summed E-state index contributed by atoms with van der Waals surface area (Å²) in [5, 5.41) is 4.31. The van der Waals surface area contributed by atoms with E-state index in [1.54, 1.807) is 6.33 Å². The fourth-order valence-corrected chi connectivity index (χ4v) is 1.57. The molecule has 0 saturated heterocycles. The van der Waals surface area contributed by atoms with E-state index in [0.717, 1.165) is 30.1 Å². The summed E-state index contributed by atoms with van der Waals surface area (Å²) in [7, 11) is 0. The van der Waals surface area contributed by atoms with Crippen LogP contribution in [0.2, 0.25) is 0 Å². The highest BCUT2D eigenvalue weighted by Gasteiger charge is 2.00. The number of aromatic nitrogens is 3. The lowest BCUT2D eigenvalue weighted by atomic mass is 10.2. The summed E-state index contributed by atoms with van der Waals surface area (Å²) in [6.07, 6.45) is 2.62. The number of ether oxygens (including phenoxy) is 1. The minimum absolute atomic E-state index is 0.608. The molecule has 2 rings (SSSR count). The minimum atomic E-state index is 0.608. The summed E-state index contributed by atoms with van der Waals surface area (Å²) in [5.41, 5.74) is 1.15. The SMILES string of the molecule is CCc1ncn(CCOc2ccccc2C)n1. The molecule has 0 aliphatic carbocycles. The van der Waals surface area contributed by atoms with Crippen LogP contribution < -0.4 is 4.74 Å². The molecule has 2 aromatic rings. The molecule has 1 aromatic carbocycles. The van der Waals surface area contributed by atoms with E-state index in [4.69, 9.17) is 4.74 Å². The largest absolute Gasteiger partial charge is 0.491 e. The molecule has 0 amide bonds. The van der Waals surface area contributed by atoms with Gasteiger partial charge in [-0.25, -0.2) is 9.67 Å². The highest BCUT2D eigenvalue weighted by atomic mass is 16.5. The maximum atomic E-state index is 5.69. The second-order valence-corrected chi connectivity index (χ2v) is 3.89. The summed E-state index contributed by atoms with van der Waals surface area (Å²) < 4.78 is 7.51. The molecule has 0 bridgehead atoms. The van der Waals surface area contributed by atoms with Crippen LogP contribution >= 0.6 is 0 Å². The Morgan fingerprint density at radius 3 is 2.82 bits per heavy atom. The zero-order valence-electron chi connectivity index (χ0n) is 10.3. The van der Waals surface area contributed by atoms with Crippen LogP contribution in [0.4, 0.5) is 0 Å². The third kappa shape index (κ3) is 3.06. The van der Waals surface area contributed by atoms with E-state index in [9.17, 15) is 0 Å². The predicted octanol–water partition coefficient (Wildman–Crippen LogP) is 2.23. The zero-order valence-corrected chi connectivity index (χ0v) is 10.3. The molecule has 0 atom stereocenters. The number of aryl methyl sites for hydroxylation is 2. The average Bonchev–Trinajstić information content (AvgIpc) is 2.80. The van der Waals surface area contributed by atoms with Gasteiger partial charge in [0.2, 0.25) is 0 Å². The summed E-state index contributed by atoms with van der Waals surface area (Å²) in [5.74, 6) is 1.81. The van der Waals surface area contributed by atoms with Gasteiger partial charge in [0.25, 0.3) is 0 Å². The molecule has 17 heavy (non-hydrogen) atoms. The molecule has 0 radical (unpaired) electrons. The maximum Gasteiger partial charge on any atom is 0.150 e. The quantitative estimate of drug-likeness (QED) is 0.792. The first-order chi connectivity index (χ1) is 8.29. The predicted molar refractivity (Wildman–Crippen MR) is 66.1 cm³/mol. The number of nitrogens with zero attached hydrogens (tertiary/aromatic N) is 3.